The Morgan fingerprint density at radius 2 is 1.81 bits per heavy atom. The van der Waals surface area contributed by atoms with Crippen LogP contribution in [0.1, 0.15) is 17.4 Å². The summed E-state index contributed by atoms with van der Waals surface area (Å²) in [5.74, 6) is -1.35. The van der Waals surface area contributed by atoms with Gasteiger partial charge in [-0.3, -0.25) is 24.3 Å². The second-order valence-electron chi connectivity index (χ2n) is 4.84. The molecule has 1 aliphatic heterocycles. The Morgan fingerprint density at radius 3 is 2.33 bits per heavy atom. The van der Waals surface area contributed by atoms with Crippen LogP contribution in [0.3, 0.4) is 0 Å². The number of carbonyl (C=O) groups excluding carboxylic acids is 1. The number of nitrogens with one attached hydrogen (secondary N) is 2. The van der Waals surface area contributed by atoms with Gasteiger partial charge in [-0.05, 0) is 6.92 Å². The average molecular weight is 296 g/mol. The molecule has 1 amide bonds. The molecule has 1 aromatic rings. The van der Waals surface area contributed by atoms with E-state index in [0.29, 0.717) is 26.2 Å². The quantitative estimate of drug-likeness (QED) is 0.610. The van der Waals surface area contributed by atoms with E-state index in [1.807, 2.05) is 4.98 Å². The summed E-state index contributed by atoms with van der Waals surface area (Å²) >= 11 is 0. The van der Waals surface area contributed by atoms with Crippen molar-refractivity contribution < 1.29 is 14.7 Å². The summed E-state index contributed by atoms with van der Waals surface area (Å²) in [6.07, 6.45) is 0. The highest BCUT2D eigenvalue weighted by Gasteiger charge is 2.28. The molecular weight excluding hydrogens is 280 g/mol. The normalized spacial score (nSPS) is 17.5. The second-order valence-corrected chi connectivity index (χ2v) is 4.84. The summed E-state index contributed by atoms with van der Waals surface area (Å²) in [6.45, 7) is 3.11. The number of hydrogen-bond acceptors (Lipinski definition) is 5. The molecule has 1 saturated heterocycles. The van der Waals surface area contributed by atoms with Gasteiger partial charge in [0.25, 0.3) is 11.5 Å². The molecule has 1 aliphatic rings. The molecule has 0 aliphatic carbocycles. The van der Waals surface area contributed by atoms with Crippen molar-refractivity contribution in [2.24, 2.45) is 0 Å². The number of hydrogen-bond donors (Lipinski definition) is 3. The van der Waals surface area contributed by atoms with Crippen molar-refractivity contribution >= 4 is 11.9 Å². The van der Waals surface area contributed by atoms with E-state index in [4.69, 9.17) is 5.11 Å². The van der Waals surface area contributed by atoms with Crippen molar-refractivity contribution in [1.82, 2.24) is 19.8 Å². The molecule has 0 saturated carbocycles. The molecular formula is C12H16N4O5. The van der Waals surface area contributed by atoms with E-state index < -0.39 is 29.2 Å². The number of carboxylic acid groups (broad SMARTS) is 1. The van der Waals surface area contributed by atoms with E-state index in [-0.39, 0.29) is 5.69 Å². The monoisotopic (exact) mass is 296 g/mol. The average Bonchev–Trinajstić information content (AvgIpc) is 2.44. The number of aliphatic carboxylic acids is 1. The zero-order valence-corrected chi connectivity index (χ0v) is 11.5. The Morgan fingerprint density at radius 1 is 1.19 bits per heavy atom. The van der Waals surface area contributed by atoms with E-state index in [2.05, 4.69) is 4.98 Å². The maximum absolute atomic E-state index is 12.2. The molecule has 21 heavy (non-hydrogen) atoms. The molecule has 0 aromatic carbocycles. The van der Waals surface area contributed by atoms with Crippen LogP contribution in [0, 0.1) is 0 Å². The van der Waals surface area contributed by atoms with Crippen LogP contribution in [-0.4, -0.2) is 69.0 Å². The summed E-state index contributed by atoms with van der Waals surface area (Å²) < 4.78 is 0. The summed E-state index contributed by atoms with van der Waals surface area (Å²) in [5.41, 5.74) is -1.44. The molecule has 0 radical (unpaired) electrons. The first-order chi connectivity index (χ1) is 9.88. The topological polar surface area (TPSA) is 127 Å². The van der Waals surface area contributed by atoms with Gasteiger partial charge in [0.15, 0.2) is 0 Å². The minimum absolute atomic E-state index is 0.0662. The van der Waals surface area contributed by atoms with Crippen molar-refractivity contribution in [2.45, 2.75) is 13.0 Å². The predicted molar refractivity (Wildman–Crippen MR) is 72.3 cm³/mol. The van der Waals surface area contributed by atoms with Crippen LogP contribution < -0.4 is 11.2 Å². The molecule has 1 aromatic heterocycles. The zero-order valence-electron chi connectivity index (χ0n) is 11.5. The lowest BCUT2D eigenvalue weighted by Crippen LogP contribution is -2.53. The number of H-pyrrole nitrogens is 2. The van der Waals surface area contributed by atoms with Crippen molar-refractivity contribution in [3.8, 4) is 0 Å². The van der Waals surface area contributed by atoms with Crippen LogP contribution in [0.15, 0.2) is 15.7 Å². The lowest BCUT2D eigenvalue weighted by molar-refractivity contribution is -0.143. The Bertz CT molecular complexity index is 628. The van der Waals surface area contributed by atoms with Crippen LogP contribution in [0.5, 0.6) is 0 Å². The molecule has 0 bridgehead atoms. The predicted octanol–water partition coefficient (Wildman–Crippen LogP) is -1.71. The smallest absolute Gasteiger partial charge is 0.326 e. The van der Waals surface area contributed by atoms with Gasteiger partial charge < -0.3 is 15.0 Å². The second kappa shape index (κ2) is 5.92. The van der Waals surface area contributed by atoms with Gasteiger partial charge in [-0.2, -0.15) is 0 Å². The first-order valence-corrected chi connectivity index (χ1v) is 6.48. The highest BCUT2D eigenvalue weighted by atomic mass is 16.4. The van der Waals surface area contributed by atoms with Gasteiger partial charge in [-0.1, -0.05) is 0 Å². The van der Waals surface area contributed by atoms with Gasteiger partial charge in [-0.15, -0.1) is 0 Å². The van der Waals surface area contributed by atoms with Gasteiger partial charge in [0.1, 0.15) is 11.7 Å². The van der Waals surface area contributed by atoms with Crippen LogP contribution >= 0.6 is 0 Å². The van der Waals surface area contributed by atoms with Crippen molar-refractivity contribution in [2.75, 3.05) is 26.2 Å². The lowest BCUT2D eigenvalue weighted by Gasteiger charge is -2.36. The lowest BCUT2D eigenvalue weighted by atomic mass is 10.2. The number of rotatable bonds is 3. The minimum Gasteiger partial charge on any atom is -0.480 e. The summed E-state index contributed by atoms with van der Waals surface area (Å²) in [7, 11) is 0. The highest BCUT2D eigenvalue weighted by molar-refractivity contribution is 5.92. The van der Waals surface area contributed by atoms with Gasteiger partial charge >= 0.3 is 11.7 Å². The van der Waals surface area contributed by atoms with Crippen molar-refractivity contribution in [3.63, 3.8) is 0 Å². The van der Waals surface area contributed by atoms with Gasteiger partial charge in [-0.25, -0.2) is 4.79 Å². The largest absolute Gasteiger partial charge is 0.480 e. The van der Waals surface area contributed by atoms with Gasteiger partial charge in [0.05, 0.1) is 0 Å². The van der Waals surface area contributed by atoms with E-state index >= 15 is 0 Å². The van der Waals surface area contributed by atoms with Crippen molar-refractivity contribution in [1.29, 1.82) is 0 Å². The summed E-state index contributed by atoms with van der Waals surface area (Å²) in [5, 5.41) is 8.95. The van der Waals surface area contributed by atoms with E-state index in [1.165, 1.54) is 4.90 Å². The molecule has 1 unspecified atom stereocenters. The number of carboxylic acids is 1. The Kier molecular flexibility index (Phi) is 4.22. The summed E-state index contributed by atoms with van der Waals surface area (Å²) in [4.78, 5) is 53.0. The van der Waals surface area contributed by atoms with Gasteiger partial charge in [0, 0.05) is 32.2 Å². The van der Waals surface area contributed by atoms with E-state index in [0.717, 1.165) is 6.07 Å². The third-order valence-electron chi connectivity index (χ3n) is 3.50. The number of piperazine rings is 1. The third-order valence-corrected chi connectivity index (χ3v) is 3.50. The fourth-order valence-electron chi connectivity index (χ4n) is 2.22. The molecule has 2 rings (SSSR count). The number of aromatic nitrogens is 2. The van der Waals surface area contributed by atoms with Crippen LogP contribution in [-0.2, 0) is 4.79 Å². The maximum Gasteiger partial charge on any atom is 0.326 e. The fourth-order valence-corrected chi connectivity index (χ4v) is 2.22. The molecule has 3 N–H and O–H groups in total. The summed E-state index contributed by atoms with van der Waals surface area (Å²) in [6, 6.07) is 0.428. The molecule has 9 heteroatoms. The number of nitrogens with zero attached hydrogens (tertiary/aromatic N) is 2. The Hall–Kier alpha value is -2.42. The van der Waals surface area contributed by atoms with E-state index in [9.17, 15) is 19.2 Å². The van der Waals surface area contributed by atoms with Crippen LogP contribution in [0.2, 0.25) is 0 Å². The first kappa shape index (κ1) is 15.0. The third kappa shape index (κ3) is 3.37. The minimum atomic E-state index is -0.909. The zero-order chi connectivity index (χ0) is 15.6. The van der Waals surface area contributed by atoms with E-state index in [1.54, 1.807) is 11.8 Å². The number of carbonyl (C=O) groups is 2. The first-order valence-electron chi connectivity index (χ1n) is 6.48. The molecule has 9 nitrogen and oxygen atoms in total. The standard InChI is InChI=1S/C12H16N4O5/c1-7(11(19)20)15-2-4-16(5-3-15)10(18)8-6-9(17)14-12(21)13-8/h6-7H,2-5H2,1H3,(H,19,20)(H2,13,14,17,21). The number of aromatic amines is 2. The molecule has 1 fully saturated rings. The fraction of sp³-hybridized carbons (Fsp3) is 0.500. The van der Waals surface area contributed by atoms with Gasteiger partial charge in [0.2, 0.25) is 0 Å². The number of amides is 1. The highest BCUT2D eigenvalue weighted by Crippen LogP contribution is 2.08. The Balaban J connectivity index is 2.05. The van der Waals surface area contributed by atoms with Crippen molar-refractivity contribution in [3.05, 3.63) is 32.6 Å². The molecule has 2 heterocycles. The molecule has 114 valence electrons. The maximum atomic E-state index is 12.2. The van der Waals surface area contributed by atoms with Crippen LogP contribution in [0.4, 0.5) is 0 Å². The van der Waals surface area contributed by atoms with Crippen LogP contribution in [0.25, 0.3) is 0 Å². The Labute approximate surface area is 119 Å². The SMILES string of the molecule is CC(C(=O)O)N1CCN(C(=O)c2cc(=O)[nH]c(=O)[nH]2)CC1. The molecule has 1 atom stereocenters. The molecule has 0 spiro atoms.